The Labute approximate surface area is 129 Å². The predicted octanol–water partition coefficient (Wildman–Crippen LogP) is 1.63. The van der Waals surface area contributed by atoms with Gasteiger partial charge < -0.3 is 15.1 Å². The SMILES string of the molecule is CC(=O)N(CCC(=O)NC1CCCCCC1)CCN(C)C. The van der Waals surface area contributed by atoms with Crippen LogP contribution in [0.4, 0.5) is 0 Å². The van der Waals surface area contributed by atoms with Crippen molar-refractivity contribution in [2.45, 2.75) is 57.9 Å². The van der Waals surface area contributed by atoms with Crippen LogP contribution in [0.5, 0.6) is 0 Å². The Morgan fingerprint density at radius 1 is 1.00 bits per heavy atom. The van der Waals surface area contributed by atoms with Gasteiger partial charge in [-0.15, -0.1) is 0 Å². The van der Waals surface area contributed by atoms with Gasteiger partial charge in [-0.2, -0.15) is 0 Å². The number of likely N-dealkylation sites (N-methyl/N-ethyl adjacent to an activating group) is 1. The van der Waals surface area contributed by atoms with Crippen molar-refractivity contribution in [2.75, 3.05) is 33.7 Å². The predicted molar refractivity (Wildman–Crippen MR) is 85.1 cm³/mol. The number of rotatable bonds is 7. The summed E-state index contributed by atoms with van der Waals surface area (Å²) < 4.78 is 0. The molecule has 0 aromatic heterocycles. The van der Waals surface area contributed by atoms with Crippen molar-refractivity contribution in [3.63, 3.8) is 0 Å². The summed E-state index contributed by atoms with van der Waals surface area (Å²) in [5.41, 5.74) is 0. The molecule has 0 spiro atoms. The molecule has 122 valence electrons. The molecule has 2 amide bonds. The molecule has 0 aliphatic heterocycles. The fraction of sp³-hybridized carbons (Fsp3) is 0.875. The summed E-state index contributed by atoms with van der Waals surface area (Å²) in [6.07, 6.45) is 7.61. The van der Waals surface area contributed by atoms with Crippen molar-refractivity contribution < 1.29 is 9.59 Å². The zero-order valence-corrected chi connectivity index (χ0v) is 13.9. The highest BCUT2D eigenvalue weighted by Gasteiger charge is 2.16. The van der Waals surface area contributed by atoms with E-state index in [-0.39, 0.29) is 11.8 Å². The van der Waals surface area contributed by atoms with E-state index in [2.05, 4.69) is 5.32 Å². The van der Waals surface area contributed by atoms with Gasteiger partial charge in [0, 0.05) is 39.0 Å². The van der Waals surface area contributed by atoms with Crippen LogP contribution in [-0.2, 0) is 9.59 Å². The third kappa shape index (κ3) is 8.05. The summed E-state index contributed by atoms with van der Waals surface area (Å²) >= 11 is 0. The van der Waals surface area contributed by atoms with E-state index in [1.165, 1.54) is 25.7 Å². The van der Waals surface area contributed by atoms with Crippen LogP contribution >= 0.6 is 0 Å². The maximum absolute atomic E-state index is 12.0. The largest absolute Gasteiger partial charge is 0.353 e. The monoisotopic (exact) mass is 297 g/mol. The molecule has 0 bridgehead atoms. The molecule has 0 atom stereocenters. The highest BCUT2D eigenvalue weighted by atomic mass is 16.2. The average molecular weight is 297 g/mol. The van der Waals surface area contributed by atoms with E-state index in [9.17, 15) is 9.59 Å². The Morgan fingerprint density at radius 2 is 1.62 bits per heavy atom. The molecule has 1 N–H and O–H groups in total. The summed E-state index contributed by atoms with van der Waals surface area (Å²) in [5, 5.41) is 3.13. The highest BCUT2D eigenvalue weighted by molar-refractivity contribution is 5.78. The molecule has 5 heteroatoms. The first-order valence-corrected chi connectivity index (χ1v) is 8.18. The molecular formula is C16H31N3O2. The molecule has 1 aliphatic carbocycles. The van der Waals surface area contributed by atoms with Crippen LogP contribution < -0.4 is 5.32 Å². The van der Waals surface area contributed by atoms with Crippen molar-refractivity contribution in [3.05, 3.63) is 0 Å². The molecular weight excluding hydrogens is 266 g/mol. The quantitative estimate of drug-likeness (QED) is 0.727. The fourth-order valence-corrected chi connectivity index (χ4v) is 2.71. The van der Waals surface area contributed by atoms with Gasteiger partial charge >= 0.3 is 0 Å². The Bertz CT molecular complexity index is 323. The van der Waals surface area contributed by atoms with Gasteiger partial charge in [0.05, 0.1) is 0 Å². The zero-order chi connectivity index (χ0) is 15.7. The first kappa shape index (κ1) is 18.0. The summed E-state index contributed by atoms with van der Waals surface area (Å²) in [6, 6.07) is 0.340. The molecule has 0 radical (unpaired) electrons. The summed E-state index contributed by atoms with van der Waals surface area (Å²) in [6.45, 7) is 3.59. The number of nitrogens with one attached hydrogen (secondary N) is 1. The second-order valence-corrected chi connectivity index (χ2v) is 6.32. The van der Waals surface area contributed by atoms with E-state index in [4.69, 9.17) is 0 Å². The van der Waals surface area contributed by atoms with E-state index in [0.29, 0.717) is 25.6 Å². The number of carbonyl (C=O) groups is 2. The molecule has 1 saturated carbocycles. The molecule has 1 aliphatic rings. The smallest absolute Gasteiger partial charge is 0.221 e. The molecule has 0 aromatic rings. The lowest BCUT2D eigenvalue weighted by molar-refractivity contribution is -0.130. The van der Waals surface area contributed by atoms with Crippen molar-refractivity contribution in [1.29, 1.82) is 0 Å². The van der Waals surface area contributed by atoms with Crippen LogP contribution in [-0.4, -0.2) is 61.4 Å². The summed E-state index contributed by atoms with van der Waals surface area (Å²) in [7, 11) is 3.97. The van der Waals surface area contributed by atoms with Crippen molar-refractivity contribution in [1.82, 2.24) is 15.1 Å². The molecule has 5 nitrogen and oxygen atoms in total. The number of hydrogen-bond acceptors (Lipinski definition) is 3. The Balaban J connectivity index is 2.29. The average Bonchev–Trinajstić information content (AvgIpc) is 2.66. The first-order chi connectivity index (χ1) is 9.99. The van der Waals surface area contributed by atoms with Crippen LogP contribution in [0.15, 0.2) is 0 Å². The number of nitrogens with zero attached hydrogens (tertiary/aromatic N) is 2. The minimum Gasteiger partial charge on any atom is -0.353 e. The molecule has 0 saturated heterocycles. The topological polar surface area (TPSA) is 52.7 Å². The van der Waals surface area contributed by atoms with Gasteiger partial charge in [-0.25, -0.2) is 0 Å². The van der Waals surface area contributed by atoms with Crippen LogP contribution in [0.2, 0.25) is 0 Å². The first-order valence-electron chi connectivity index (χ1n) is 8.18. The molecule has 0 heterocycles. The van der Waals surface area contributed by atoms with Gasteiger partial charge in [0.15, 0.2) is 0 Å². The molecule has 21 heavy (non-hydrogen) atoms. The normalized spacial score (nSPS) is 16.6. The third-order valence-corrected chi connectivity index (χ3v) is 4.09. The van der Waals surface area contributed by atoms with E-state index >= 15 is 0 Å². The van der Waals surface area contributed by atoms with Crippen molar-refractivity contribution in [2.24, 2.45) is 0 Å². The third-order valence-electron chi connectivity index (χ3n) is 4.09. The van der Waals surface area contributed by atoms with Gasteiger partial charge in [-0.3, -0.25) is 9.59 Å². The van der Waals surface area contributed by atoms with Gasteiger partial charge in [-0.1, -0.05) is 25.7 Å². The highest BCUT2D eigenvalue weighted by Crippen LogP contribution is 2.17. The second kappa shape index (κ2) is 9.77. The van der Waals surface area contributed by atoms with Crippen LogP contribution in [0.1, 0.15) is 51.9 Å². The minimum atomic E-state index is 0.0408. The van der Waals surface area contributed by atoms with Gasteiger partial charge in [0.1, 0.15) is 0 Å². The number of carbonyl (C=O) groups excluding carboxylic acids is 2. The summed E-state index contributed by atoms with van der Waals surface area (Å²) in [5.74, 6) is 0.122. The number of hydrogen-bond donors (Lipinski definition) is 1. The van der Waals surface area contributed by atoms with Gasteiger partial charge in [-0.05, 0) is 26.9 Å². The standard InChI is InChI=1S/C16H31N3O2/c1-14(20)19(13-12-18(2)3)11-10-16(21)17-15-8-6-4-5-7-9-15/h15H,4-13H2,1-3H3,(H,17,21). The van der Waals surface area contributed by atoms with Gasteiger partial charge in [0.2, 0.25) is 11.8 Å². The van der Waals surface area contributed by atoms with Gasteiger partial charge in [0.25, 0.3) is 0 Å². The van der Waals surface area contributed by atoms with Crippen LogP contribution in [0.3, 0.4) is 0 Å². The van der Waals surface area contributed by atoms with Crippen molar-refractivity contribution >= 4 is 11.8 Å². The molecule has 0 aromatic carbocycles. The minimum absolute atomic E-state index is 0.0408. The van der Waals surface area contributed by atoms with E-state index in [1.807, 2.05) is 19.0 Å². The van der Waals surface area contributed by atoms with Crippen molar-refractivity contribution in [3.8, 4) is 0 Å². The second-order valence-electron chi connectivity index (χ2n) is 6.32. The maximum atomic E-state index is 12.0. The zero-order valence-electron chi connectivity index (χ0n) is 13.9. The molecule has 1 fully saturated rings. The fourth-order valence-electron chi connectivity index (χ4n) is 2.71. The van der Waals surface area contributed by atoms with Crippen LogP contribution in [0, 0.1) is 0 Å². The lowest BCUT2D eigenvalue weighted by Crippen LogP contribution is -2.40. The van der Waals surface area contributed by atoms with E-state index in [0.717, 1.165) is 19.4 Å². The maximum Gasteiger partial charge on any atom is 0.221 e. The van der Waals surface area contributed by atoms with E-state index in [1.54, 1.807) is 11.8 Å². The summed E-state index contributed by atoms with van der Waals surface area (Å²) in [4.78, 5) is 27.4. The van der Waals surface area contributed by atoms with Crippen LogP contribution in [0.25, 0.3) is 0 Å². The lowest BCUT2D eigenvalue weighted by Gasteiger charge is -2.23. The Hall–Kier alpha value is -1.10. The number of amides is 2. The Morgan fingerprint density at radius 3 is 2.14 bits per heavy atom. The van der Waals surface area contributed by atoms with E-state index < -0.39 is 0 Å². The molecule has 0 unspecified atom stereocenters. The Kier molecular flexibility index (Phi) is 8.35. The lowest BCUT2D eigenvalue weighted by atomic mass is 10.1. The molecule has 1 rings (SSSR count).